The number of likely N-dealkylation sites (tertiary alicyclic amines) is 2. The number of amides is 2. The van der Waals surface area contributed by atoms with Crippen molar-refractivity contribution in [2.75, 3.05) is 59.7 Å². The smallest absolute Gasteiger partial charge is 0.308 e. The first-order valence-electron chi connectivity index (χ1n) is 14.6. The van der Waals surface area contributed by atoms with Crippen LogP contribution in [0.15, 0.2) is 12.1 Å². The van der Waals surface area contributed by atoms with Crippen molar-refractivity contribution in [3.05, 3.63) is 17.7 Å². The van der Waals surface area contributed by atoms with Gasteiger partial charge in [0.1, 0.15) is 0 Å². The molecule has 0 saturated carbocycles. The van der Waals surface area contributed by atoms with Crippen LogP contribution < -0.4 is 19.9 Å². The zero-order valence-electron chi connectivity index (χ0n) is 23.8. The van der Waals surface area contributed by atoms with E-state index in [1.54, 1.807) is 7.11 Å². The van der Waals surface area contributed by atoms with E-state index in [1.807, 2.05) is 26.8 Å². The number of hydrogen-bond donors (Lipinski definition) is 2. The summed E-state index contributed by atoms with van der Waals surface area (Å²) in [5.41, 5.74) is 6.51. The molecule has 0 aromatic heterocycles. The number of aliphatic carboxylic acids is 1. The molecule has 4 rings (SSSR count). The van der Waals surface area contributed by atoms with E-state index >= 15 is 0 Å². The van der Waals surface area contributed by atoms with Crippen molar-refractivity contribution in [2.45, 2.75) is 63.8 Å². The van der Waals surface area contributed by atoms with Gasteiger partial charge in [-0.1, -0.05) is 13.3 Å². The fraction of sp³-hybridized carbons (Fsp3) is 0.690. The molecule has 2 amide bonds. The van der Waals surface area contributed by atoms with Crippen molar-refractivity contribution in [2.24, 2.45) is 11.7 Å². The zero-order chi connectivity index (χ0) is 28.6. The van der Waals surface area contributed by atoms with E-state index in [2.05, 4.69) is 6.92 Å². The van der Waals surface area contributed by atoms with E-state index in [0.29, 0.717) is 75.8 Å². The quantitative estimate of drug-likeness (QED) is 0.351. The second-order valence-electron chi connectivity index (χ2n) is 10.9. The summed E-state index contributed by atoms with van der Waals surface area (Å²) >= 11 is 0. The molecule has 11 nitrogen and oxygen atoms in total. The minimum Gasteiger partial charge on any atom is -0.493 e. The Morgan fingerprint density at radius 1 is 1.20 bits per heavy atom. The number of ether oxygens (including phenoxy) is 3. The van der Waals surface area contributed by atoms with Gasteiger partial charge in [0.05, 0.1) is 19.6 Å². The van der Waals surface area contributed by atoms with Gasteiger partial charge >= 0.3 is 5.97 Å². The van der Waals surface area contributed by atoms with Gasteiger partial charge in [-0.2, -0.15) is 0 Å². The van der Waals surface area contributed by atoms with Crippen LogP contribution in [0.3, 0.4) is 0 Å². The van der Waals surface area contributed by atoms with Crippen molar-refractivity contribution in [3.63, 3.8) is 0 Å². The largest absolute Gasteiger partial charge is 0.493 e. The highest BCUT2D eigenvalue weighted by atomic mass is 16.7. The summed E-state index contributed by atoms with van der Waals surface area (Å²) in [6.07, 6.45) is 5.43. The van der Waals surface area contributed by atoms with Crippen LogP contribution in [-0.2, 0) is 14.4 Å². The fourth-order valence-corrected chi connectivity index (χ4v) is 6.21. The van der Waals surface area contributed by atoms with Gasteiger partial charge in [-0.25, -0.2) is 0 Å². The monoisotopic (exact) mass is 560 g/mol. The van der Waals surface area contributed by atoms with Crippen LogP contribution >= 0.6 is 0 Å². The molecular weight excluding hydrogens is 516 g/mol. The van der Waals surface area contributed by atoms with Crippen molar-refractivity contribution >= 4 is 17.8 Å². The van der Waals surface area contributed by atoms with Crippen molar-refractivity contribution < 1.29 is 33.7 Å². The third-order valence-electron chi connectivity index (χ3n) is 8.36. The van der Waals surface area contributed by atoms with Gasteiger partial charge < -0.3 is 34.9 Å². The molecule has 11 heteroatoms. The van der Waals surface area contributed by atoms with Gasteiger partial charge in [-0.15, -0.1) is 0 Å². The molecular formula is C29H44N4O7. The Balaban J connectivity index is 1.62. The molecule has 0 bridgehead atoms. The summed E-state index contributed by atoms with van der Waals surface area (Å²) in [6.45, 7) is 5.58. The predicted octanol–water partition coefficient (Wildman–Crippen LogP) is 2.27. The molecule has 3 aliphatic rings. The summed E-state index contributed by atoms with van der Waals surface area (Å²) in [5, 5.41) is 10.5. The van der Waals surface area contributed by atoms with Crippen LogP contribution in [0.1, 0.15) is 63.4 Å². The average Bonchev–Trinajstić information content (AvgIpc) is 3.57. The normalized spacial score (nSPS) is 22.5. The molecule has 40 heavy (non-hydrogen) atoms. The molecule has 3 atom stereocenters. The molecule has 3 N–H and O–H groups in total. The topological polar surface area (TPSA) is 135 Å². The van der Waals surface area contributed by atoms with E-state index in [1.165, 1.54) is 0 Å². The molecule has 1 unspecified atom stereocenters. The average molecular weight is 561 g/mol. The summed E-state index contributed by atoms with van der Waals surface area (Å²) in [4.78, 5) is 44.6. The molecule has 0 radical (unpaired) electrons. The van der Waals surface area contributed by atoms with Gasteiger partial charge in [0, 0.05) is 51.1 Å². The molecule has 3 aliphatic heterocycles. The van der Waals surface area contributed by atoms with Crippen LogP contribution in [-0.4, -0.2) is 103 Å². The van der Waals surface area contributed by atoms with Gasteiger partial charge in [-0.3, -0.25) is 19.3 Å². The predicted molar refractivity (Wildman–Crippen MR) is 149 cm³/mol. The number of hydrogen-bond acceptors (Lipinski definition) is 8. The lowest BCUT2D eigenvalue weighted by Crippen LogP contribution is -2.46. The summed E-state index contributed by atoms with van der Waals surface area (Å²) in [5.74, 6) is -0.470. The number of nitrogens with two attached hydrogens (primary N) is 1. The Morgan fingerprint density at radius 2 is 2.00 bits per heavy atom. The lowest BCUT2D eigenvalue weighted by molar-refractivity contribution is -0.144. The highest BCUT2D eigenvalue weighted by molar-refractivity contribution is 5.79. The summed E-state index contributed by atoms with van der Waals surface area (Å²) < 4.78 is 16.7. The van der Waals surface area contributed by atoms with E-state index in [-0.39, 0.29) is 25.2 Å². The molecule has 0 spiro atoms. The second-order valence-corrected chi connectivity index (χ2v) is 10.9. The third kappa shape index (κ3) is 6.80. The van der Waals surface area contributed by atoms with Gasteiger partial charge in [0.25, 0.3) is 0 Å². The maximum Gasteiger partial charge on any atom is 0.308 e. The lowest BCUT2D eigenvalue weighted by Gasteiger charge is -2.32. The van der Waals surface area contributed by atoms with Crippen molar-refractivity contribution in [1.29, 1.82) is 0 Å². The molecule has 222 valence electrons. The van der Waals surface area contributed by atoms with Crippen LogP contribution in [0.4, 0.5) is 0 Å². The van der Waals surface area contributed by atoms with Gasteiger partial charge in [0.15, 0.2) is 11.5 Å². The standard InChI is InChI=1S/C29H44N4O7/c1-3-4-11-31(13-7-10-30)26(35)18-33-17-21(20-15-23(38-2)28-24(16-20)39-19-40-28)27(29(36)37)22(33)9-14-32-12-6-5-8-25(32)34/h15-16,21-22,27H,3-14,17-19,30H2,1-2H3,(H,36,37)/t21-,22+,27?/m1/s1. The lowest BCUT2D eigenvalue weighted by atomic mass is 9.84. The summed E-state index contributed by atoms with van der Waals surface area (Å²) in [6, 6.07) is 3.23. The molecule has 1 aromatic rings. The Morgan fingerprint density at radius 3 is 2.70 bits per heavy atom. The van der Waals surface area contributed by atoms with E-state index in [9.17, 15) is 19.5 Å². The highest BCUT2D eigenvalue weighted by Gasteiger charge is 2.48. The Labute approximate surface area is 236 Å². The number of piperidine rings is 1. The van der Waals surface area contributed by atoms with E-state index in [4.69, 9.17) is 19.9 Å². The van der Waals surface area contributed by atoms with E-state index < -0.39 is 23.8 Å². The zero-order valence-corrected chi connectivity index (χ0v) is 23.8. The van der Waals surface area contributed by atoms with Crippen molar-refractivity contribution in [1.82, 2.24) is 14.7 Å². The Kier molecular flexibility index (Phi) is 10.5. The van der Waals surface area contributed by atoms with Gasteiger partial charge in [-0.05, 0) is 56.3 Å². The van der Waals surface area contributed by atoms with Crippen molar-refractivity contribution in [3.8, 4) is 17.2 Å². The number of carboxylic acids is 1. The number of unbranched alkanes of at least 4 members (excludes halogenated alkanes) is 1. The number of carbonyl (C=O) groups is 3. The number of carbonyl (C=O) groups excluding carboxylic acids is 2. The number of benzene rings is 1. The second kappa shape index (κ2) is 14.0. The Bertz CT molecular complexity index is 1040. The first-order chi connectivity index (χ1) is 19.4. The van der Waals surface area contributed by atoms with Crippen LogP contribution in [0.25, 0.3) is 0 Å². The van der Waals surface area contributed by atoms with Crippen LogP contribution in [0, 0.1) is 5.92 Å². The molecule has 2 saturated heterocycles. The molecule has 3 heterocycles. The van der Waals surface area contributed by atoms with Crippen LogP contribution in [0.2, 0.25) is 0 Å². The number of nitrogens with zero attached hydrogens (tertiary/aromatic N) is 3. The van der Waals surface area contributed by atoms with Crippen LogP contribution in [0.5, 0.6) is 17.2 Å². The van der Waals surface area contributed by atoms with Gasteiger partial charge in [0.2, 0.25) is 24.4 Å². The first kappa shape index (κ1) is 29.9. The maximum absolute atomic E-state index is 13.6. The number of carboxylic acid groups (broad SMARTS) is 1. The molecule has 0 aliphatic carbocycles. The SMILES string of the molecule is CCCCN(CCCN)C(=O)CN1C[C@H](c2cc(OC)c3c(c2)OCO3)C(C(=O)O)[C@@H]1CCN1CCCCC1=O. The van der Waals surface area contributed by atoms with E-state index in [0.717, 1.165) is 31.2 Å². The molecule has 2 fully saturated rings. The number of fused-ring (bicyclic) bond motifs is 1. The first-order valence-corrected chi connectivity index (χ1v) is 14.6. The highest BCUT2D eigenvalue weighted by Crippen LogP contribution is 2.47. The maximum atomic E-state index is 13.6. The fourth-order valence-electron chi connectivity index (χ4n) is 6.21. The number of methoxy groups -OCH3 is 1. The summed E-state index contributed by atoms with van der Waals surface area (Å²) in [7, 11) is 1.54. The Hall–Kier alpha value is -3.05. The number of rotatable bonds is 14. The minimum absolute atomic E-state index is 0.0194. The minimum atomic E-state index is -0.919. The third-order valence-corrected chi connectivity index (χ3v) is 8.36. The molecule has 1 aromatic carbocycles.